The molecule has 5 saturated carbocycles. The Hall–Kier alpha value is -2.58. The Morgan fingerprint density at radius 3 is 2.07 bits per heavy atom. The monoisotopic (exact) mass is 752 g/mol. The molecule has 1 saturated heterocycles. The number of amides is 3. The Bertz CT molecular complexity index is 1510. The van der Waals surface area contributed by atoms with Crippen molar-refractivity contribution in [1.82, 2.24) is 15.1 Å². The number of aliphatic carboxylic acids is 1. The van der Waals surface area contributed by atoms with E-state index in [9.17, 15) is 24.3 Å². The molecule has 0 aromatic carbocycles. The van der Waals surface area contributed by atoms with Crippen LogP contribution in [0.4, 0.5) is 4.79 Å². The highest BCUT2D eigenvalue weighted by Crippen LogP contribution is 2.77. The van der Waals surface area contributed by atoms with Gasteiger partial charge in [-0.05, 0) is 136 Å². The zero-order chi connectivity index (χ0) is 39.8. The van der Waals surface area contributed by atoms with Gasteiger partial charge in [0.2, 0.25) is 5.91 Å². The standard InChI is InChI=1S/C45H73N3O6/c1-28(2)30-14-19-45(38(52)47-22-24-48(25-23-47)39(53)46-29(3)4)21-20-43(10)31(37(30)45)12-13-33-42(9)17-16-34(41(7,8)32(42)15-18-44(33,43)11)54-36(51)27-40(5,6)26-35(49)50/h29-34,37H,1,12-27H2,2-11H3,(H,46,53)(H,49,50)/t30-,31+,32-,33+,34-,37+,42-,43+,44?,45-/m0/s1. The van der Waals surface area contributed by atoms with Crippen molar-refractivity contribution in [3.05, 3.63) is 12.2 Å². The van der Waals surface area contributed by atoms with Crippen LogP contribution in [-0.2, 0) is 19.1 Å². The van der Waals surface area contributed by atoms with Gasteiger partial charge in [-0.25, -0.2) is 4.79 Å². The smallest absolute Gasteiger partial charge is 0.317 e. The number of carboxylic acids is 1. The van der Waals surface area contributed by atoms with E-state index in [1.54, 1.807) is 0 Å². The number of urea groups is 1. The van der Waals surface area contributed by atoms with E-state index in [2.05, 4.69) is 58.3 Å². The van der Waals surface area contributed by atoms with Gasteiger partial charge >= 0.3 is 18.0 Å². The summed E-state index contributed by atoms with van der Waals surface area (Å²) in [5.74, 6) is 1.24. The molecule has 0 radical (unpaired) electrons. The van der Waals surface area contributed by atoms with Crippen molar-refractivity contribution in [2.75, 3.05) is 26.2 Å². The van der Waals surface area contributed by atoms with Gasteiger partial charge in [-0.3, -0.25) is 14.4 Å². The first kappa shape index (κ1) is 41.1. The molecule has 6 aliphatic rings. The fourth-order valence-corrected chi connectivity index (χ4v) is 14.5. The Balaban J connectivity index is 1.22. The van der Waals surface area contributed by atoms with E-state index in [4.69, 9.17) is 4.74 Å². The second-order valence-corrected chi connectivity index (χ2v) is 21.5. The lowest BCUT2D eigenvalue weighted by Crippen LogP contribution is -2.68. The van der Waals surface area contributed by atoms with Gasteiger partial charge in [-0.15, -0.1) is 0 Å². The van der Waals surface area contributed by atoms with Crippen molar-refractivity contribution >= 4 is 23.9 Å². The van der Waals surface area contributed by atoms with Crippen molar-refractivity contribution in [3.8, 4) is 0 Å². The summed E-state index contributed by atoms with van der Waals surface area (Å²) >= 11 is 0. The molecular weight excluding hydrogens is 679 g/mol. The van der Waals surface area contributed by atoms with Crippen LogP contribution in [0.5, 0.6) is 0 Å². The van der Waals surface area contributed by atoms with Gasteiger partial charge in [0.15, 0.2) is 0 Å². The molecule has 0 bridgehead atoms. The molecule has 304 valence electrons. The number of piperazine rings is 1. The number of nitrogens with zero attached hydrogens (tertiary/aromatic N) is 2. The molecule has 54 heavy (non-hydrogen) atoms. The quantitative estimate of drug-likeness (QED) is 0.189. The molecule has 0 aromatic heterocycles. The normalized spacial score (nSPS) is 40.1. The molecule has 10 atom stereocenters. The number of hydrogen-bond donors (Lipinski definition) is 2. The fraction of sp³-hybridized carbons (Fsp3) is 0.867. The topological polar surface area (TPSA) is 116 Å². The fourth-order valence-electron chi connectivity index (χ4n) is 14.5. The molecule has 6 rings (SSSR count). The van der Waals surface area contributed by atoms with Crippen molar-refractivity contribution in [3.63, 3.8) is 0 Å². The summed E-state index contributed by atoms with van der Waals surface area (Å²) in [6.45, 7) is 29.1. The van der Waals surface area contributed by atoms with E-state index in [0.717, 1.165) is 57.8 Å². The summed E-state index contributed by atoms with van der Waals surface area (Å²) in [5, 5.41) is 12.4. The number of carboxylic acid groups (broad SMARTS) is 1. The molecule has 9 heteroatoms. The molecule has 6 fully saturated rings. The van der Waals surface area contributed by atoms with Crippen molar-refractivity contribution in [1.29, 1.82) is 0 Å². The molecule has 5 aliphatic carbocycles. The molecule has 1 heterocycles. The number of hydrogen-bond acceptors (Lipinski definition) is 5. The Morgan fingerprint density at radius 2 is 1.46 bits per heavy atom. The molecular formula is C45H73N3O6. The maximum absolute atomic E-state index is 15.0. The lowest BCUT2D eigenvalue weighted by atomic mass is 9.32. The summed E-state index contributed by atoms with van der Waals surface area (Å²) in [4.78, 5) is 56.4. The molecule has 0 spiro atoms. The zero-order valence-electron chi connectivity index (χ0n) is 35.4. The van der Waals surface area contributed by atoms with Gasteiger partial charge in [0, 0.05) is 37.6 Å². The molecule has 9 nitrogen and oxygen atoms in total. The predicted molar refractivity (Wildman–Crippen MR) is 211 cm³/mol. The number of allylic oxidation sites excluding steroid dienone is 1. The average molecular weight is 752 g/mol. The maximum Gasteiger partial charge on any atom is 0.317 e. The number of ether oxygens (including phenoxy) is 1. The molecule has 3 amide bonds. The lowest BCUT2D eigenvalue weighted by molar-refractivity contribution is -0.250. The minimum atomic E-state index is -0.892. The van der Waals surface area contributed by atoms with Gasteiger partial charge in [-0.1, -0.05) is 60.6 Å². The van der Waals surface area contributed by atoms with Gasteiger partial charge < -0.3 is 25.0 Å². The van der Waals surface area contributed by atoms with Gasteiger partial charge in [0.05, 0.1) is 18.3 Å². The van der Waals surface area contributed by atoms with Gasteiger partial charge in [0.25, 0.3) is 0 Å². The van der Waals surface area contributed by atoms with Crippen LogP contribution in [0.15, 0.2) is 12.2 Å². The molecule has 1 unspecified atom stereocenters. The zero-order valence-corrected chi connectivity index (χ0v) is 35.4. The van der Waals surface area contributed by atoms with Crippen LogP contribution in [0.3, 0.4) is 0 Å². The third-order valence-electron chi connectivity index (χ3n) is 17.2. The van der Waals surface area contributed by atoms with E-state index < -0.39 is 11.4 Å². The first-order chi connectivity index (χ1) is 25.0. The highest BCUT2D eigenvalue weighted by molar-refractivity contribution is 5.84. The van der Waals surface area contributed by atoms with Crippen molar-refractivity contribution in [2.24, 2.45) is 62.1 Å². The lowest BCUT2D eigenvalue weighted by Gasteiger charge is -2.73. The van der Waals surface area contributed by atoms with Crippen LogP contribution in [-0.4, -0.2) is 77.1 Å². The summed E-state index contributed by atoms with van der Waals surface area (Å²) < 4.78 is 6.28. The number of carbonyl (C=O) groups is 4. The third-order valence-corrected chi connectivity index (χ3v) is 17.2. The summed E-state index contributed by atoms with van der Waals surface area (Å²) in [5.41, 5.74) is 0.388. The van der Waals surface area contributed by atoms with E-state index in [1.165, 1.54) is 12.0 Å². The predicted octanol–water partition coefficient (Wildman–Crippen LogP) is 8.71. The second kappa shape index (κ2) is 14.1. The minimum absolute atomic E-state index is 0.0341. The largest absolute Gasteiger partial charge is 0.481 e. The summed E-state index contributed by atoms with van der Waals surface area (Å²) in [6, 6.07) is 0.0516. The van der Waals surface area contributed by atoms with E-state index >= 15 is 0 Å². The number of nitrogens with one attached hydrogen (secondary N) is 1. The molecule has 2 N–H and O–H groups in total. The average Bonchev–Trinajstić information content (AvgIpc) is 3.46. The van der Waals surface area contributed by atoms with Crippen LogP contribution < -0.4 is 5.32 Å². The number of carbonyl (C=O) groups excluding carboxylic acids is 3. The number of rotatable bonds is 8. The van der Waals surface area contributed by atoms with E-state index in [0.29, 0.717) is 61.7 Å². The first-order valence-corrected chi connectivity index (χ1v) is 21.4. The third kappa shape index (κ3) is 6.61. The minimum Gasteiger partial charge on any atom is -0.481 e. The van der Waals surface area contributed by atoms with Gasteiger partial charge in [-0.2, -0.15) is 0 Å². The van der Waals surface area contributed by atoms with Crippen LogP contribution in [0, 0.1) is 62.1 Å². The highest BCUT2D eigenvalue weighted by Gasteiger charge is 2.72. The first-order valence-electron chi connectivity index (χ1n) is 21.4. The number of fused-ring (bicyclic) bond motifs is 7. The maximum atomic E-state index is 15.0. The molecule has 1 aliphatic heterocycles. The van der Waals surface area contributed by atoms with Crippen LogP contribution in [0.1, 0.15) is 146 Å². The van der Waals surface area contributed by atoms with Gasteiger partial charge in [0.1, 0.15) is 6.10 Å². The second-order valence-electron chi connectivity index (χ2n) is 21.5. The Labute approximate surface area is 326 Å². The SMILES string of the molecule is C=C(C)[C@@H]1CC[C@]2(C(=O)N3CCN(C(=O)NC(C)C)CC3)CC[C@]3(C)[C@H](CC[C@H]4C3(C)CC[C@H]3C(C)(C)[C@@H](OC(=O)CC(C)(C)CC(=O)O)CC[C@@]34C)[C@@H]12. The highest BCUT2D eigenvalue weighted by atomic mass is 16.5. The van der Waals surface area contributed by atoms with Crippen LogP contribution in [0.25, 0.3) is 0 Å². The van der Waals surface area contributed by atoms with E-state index in [1.807, 2.05) is 32.6 Å². The Morgan fingerprint density at radius 1 is 0.815 bits per heavy atom. The molecule has 0 aromatic rings. The summed E-state index contributed by atoms with van der Waals surface area (Å²) in [7, 11) is 0. The summed E-state index contributed by atoms with van der Waals surface area (Å²) in [6.07, 6.45) is 10.3. The van der Waals surface area contributed by atoms with Crippen molar-refractivity contribution in [2.45, 2.75) is 158 Å². The van der Waals surface area contributed by atoms with Crippen molar-refractivity contribution < 1.29 is 29.0 Å². The van der Waals surface area contributed by atoms with E-state index in [-0.39, 0.29) is 64.1 Å². The number of esters is 1. The Kier molecular flexibility index (Phi) is 10.7. The van der Waals surface area contributed by atoms with Crippen LogP contribution >= 0.6 is 0 Å². The van der Waals surface area contributed by atoms with Crippen LogP contribution in [0.2, 0.25) is 0 Å².